The van der Waals surface area contributed by atoms with Crippen molar-refractivity contribution in [1.29, 1.82) is 0 Å². The molecule has 2 aromatic heterocycles. The molecule has 0 amide bonds. The fourth-order valence-electron chi connectivity index (χ4n) is 2.52. The number of fused-ring (bicyclic) bond motifs is 1. The van der Waals surface area contributed by atoms with Gasteiger partial charge in [0.15, 0.2) is 4.96 Å². The molecule has 1 unspecified atom stereocenters. The number of nitrogens with zero attached hydrogens (tertiary/aromatic N) is 2. The quantitative estimate of drug-likeness (QED) is 0.865. The number of imidazole rings is 1. The molecule has 1 fully saturated rings. The summed E-state index contributed by atoms with van der Waals surface area (Å²) in [5, 5.41) is 3.56. The van der Waals surface area contributed by atoms with Crippen LogP contribution in [-0.4, -0.2) is 22.0 Å². The SMILES string of the molecule is Cc1cn2c(CC3CCCN3)c(C)nc2s1. The van der Waals surface area contributed by atoms with Gasteiger partial charge >= 0.3 is 0 Å². The highest BCUT2D eigenvalue weighted by Crippen LogP contribution is 2.22. The molecule has 1 atom stereocenters. The molecule has 3 rings (SSSR count). The molecule has 3 nitrogen and oxygen atoms in total. The Balaban J connectivity index is 1.96. The van der Waals surface area contributed by atoms with E-state index in [9.17, 15) is 0 Å². The van der Waals surface area contributed by atoms with Gasteiger partial charge in [-0.3, -0.25) is 4.40 Å². The second-order valence-corrected chi connectivity index (χ2v) is 5.85. The van der Waals surface area contributed by atoms with Gasteiger partial charge in [0.2, 0.25) is 0 Å². The van der Waals surface area contributed by atoms with Crippen molar-refractivity contribution >= 4 is 16.3 Å². The highest BCUT2D eigenvalue weighted by Gasteiger charge is 2.19. The summed E-state index contributed by atoms with van der Waals surface area (Å²) in [4.78, 5) is 7.11. The standard InChI is InChI=1S/C12H17N3S/c1-8-7-15-11(6-10-4-3-5-13-10)9(2)14-12(15)16-8/h7,10,13H,3-6H2,1-2H3. The number of aromatic nitrogens is 2. The average Bonchev–Trinajstić information content (AvgIpc) is 2.88. The number of nitrogens with one attached hydrogen (secondary N) is 1. The van der Waals surface area contributed by atoms with E-state index in [1.165, 1.54) is 35.7 Å². The van der Waals surface area contributed by atoms with Crippen LogP contribution < -0.4 is 5.32 Å². The summed E-state index contributed by atoms with van der Waals surface area (Å²) < 4.78 is 2.27. The molecule has 86 valence electrons. The van der Waals surface area contributed by atoms with E-state index in [4.69, 9.17) is 0 Å². The molecule has 0 spiro atoms. The van der Waals surface area contributed by atoms with Crippen molar-refractivity contribution < 1.29 is 0 Å². The van der Waals surface area contributed by atoms with E-state index in [0.717, 1.165) is 11.4 Å². The van der Waals surface area contributed by atoms with E-state index in [1.54, 1.807) is 11.3 Å². The van der Waals surface area contributed by atoms with Gasteiger partial charge in [0.05, 0.1) is 5.69 Å². The van der Waals surface area contributed by atoms with Crippen LogP contribution in [0.3, 0.4) is 0 Å². The second kappa shape index (κ2) is 3.86. The number of hydrogen-bond acceptors (Lipinski definition) is 3. The normalized spacial score (nSPS) is 21.0. The third-order valence-electron chi connectivity index (χ3n) is 3.34. The van der Waals surface area contributed by atoms with E-state index in [1.807, 2.05) is 0 Å². The monoisotopic (exact) mass is 235 g/mol. The Morgan fingerprint density at radius 3 is 3.19 bits per heavy atom. The zero-order valence-corrected chi connectivity index (χ0v) is 10.6. The lowest BCUT2D eigenvalue weighted by molar-refractivity contribution is 0.591. The first-order valence-electron chi connectivity index (χ1n) is 5.91. The fourth-order valence-corrected chi connectivity index (χ4v) is 3.41. The van der Waals surface area contributed by atoms with Crippen LogP contribution in [0.1, 0.15) is 29.1 Å². The average molecular weight is 235 g/mol. The third-order valence-corrected chi connectivity index (χ3v) is 4.24. The predicted octanol–water partition coefficient (Wildman–Crippen LogP) is 2.31. The van der Waals surface area contributed by atoms with E-state index in [-0.39, 0.29) is 0 Å². The Morgan fingerprint density at radius 1 is 1.56 bits per heavy atom. The molecule has 0 bridgehead atoms. The largest absolute Gasteiger partial charge is 0.314 e. The molecule has 1 N–H and O–H groups in total. The molecule has 0 radical (unpaired) electrons. The maximum atomic E-state index is 4.63. The van der Waals surface area contributed by atoms with Crippen LogP contribution in [0.5, 0.6) is 0 Å². The number of hydrogen-bond donors (Lipinski definition) is 1. The molecule has 4 heteroatoms. The van der Waals surface area contributed by atoms with Crippen molar-refractivity contribution in [2.45, 2.75) is 39.2 Å². The van der Waals surface area contributed by atoms with Crippen LogP contribution >= 0.6 is 11.3 Å². The fraction of sp³-hybridized carbons (Fsp3) is 0.583. The van der Waals surface area contributed by atoms with Crippen molar-refractivity contribution in [1.82, 2.24) is 14.7 Å². The minimum Gasteiger partial charge on any atom is -0.314 e. The van der Waals surface area contributed by atoms with Crippen molar-refractivity contribution in [3.8, 4) is 0 Å². The smallest absolute Gasteiger partial charge is 0.194 e. The maximum absolute atomic E-state index is 4.63. The Kier molecular flexibility index (Phi) is 2.48. The van der Waals surface area contributed by atoms with Crippen LogP contribution in [0.2, 0.25) is 0 Å². The summed E-state index contributed by atoms with van der Waals surface area (Å²) in [6.07, 6.45) is 5.94. The van der Waals surface area contributed by atoms with Crippen LogP contribution in [0.15, 0.2) is 6.20 Å². The Morgan fingerprint density at radius 2 is 2.44 bits per heavy atom. The molecule has 3 heterocycles. The number of aryl methyl sites for hydroxylation is 2. The van der Waals surface area contributed by atoms with Crippen molar-refractivity contribution in [2.75, 3.05) is 6.54 Å². The van der Waals surface area contributed by atoms with E-state index < -0.39 is 0 Å². The maximum Gasteiger partial charge on any atom is 0.194 e. The summed E-state index contributed by atoms with van der Waals surface area (Å²) in [6, 6.07) is 0.652. The zero-order chi connectivity index (χ0) is 11.1. The molecule has 0 saturated carbocycles. The molecule has 1 aliphatic rings. The molecule has 0 aromatic carbocycles. The van der Waals surface area contributed by atoms with Gasteiger partial charge in [0.1, 0.15) is 0 Å². The first kappa shape index (κ1) is 10.3. The van der Waals surface area contributed by atoms with E-state index in [2.05, 4.69) is 34.7 Å². The van der Waals surface area contributed by atoms with Gasteiger partial charge in [-0.2, -0.15) is 0 Å². The van der Waals surface area contributed by atoms with Gasteiger partial charge in [-0.05, 0) is 33.2 Å². The molecular formula is C12H17N3S. The Bertz CT molecular complexity index is 506. The van der Waals surface area contributed by atoms with Crippen molar-refractivity contribution in [3.63, 3.8) is 0 Å². The summed E-state index contributed by atoms with van der Waals surface area (Å²) >= 11 is 1.78. The van der Waals surface area contributed by atoms with Crippen molar-refractivity contribution in [2.24, 2.45) is 0 Å². The molecule has 1 saturated heterocycles. The first-order chi connectivity index (χ1) is 7.74. The molecule has 16 heavy (non-hydrogen) atoms. The topological polar surface area (TPSA) is 29.3 Å². The summed E-state index contributed by atoms with van der Waals surface area (Å²) in [6.45, 7) is 5.44. The Labute approximate surface area is 99.5 Å². The Hall–Kier alpha value is -0.870. The lowest BCUT2D eigenvalue weighted by Gasteiger charge is -2.09. The van der Waals surface area contributed by atoms with Crippen molar-refractivity contribution in [3.05, 3.63) is 22.5 Å². The number of thiazole rings is 1. The van der Waals surface area contributed by atoms with Gasteiger partial charge in [-0.25, -0.2) is 4.98 Å². The van der Waals surface area contributed by atoms with Crippen LogP contribution in [0.25, 0.3) is 4.96 Å². The van der Waals surface area contributed by atoms with Crippen LogP contribution in [-0.2, 0) is 6.42 Å². The molecule has 0 aliphatic carbocycles. The summed E-state index contributed by atoms with van der Waals surface area (Å²) in [7, 11) is 0. The molecular weight excluding hydrogens is 218 g/mol. The summed E-state index contributed by atoms with van der Waals surface area (Å²) in [5.41, 5.74) is 2.58. The highest BCUT2D eigenvalue weighted by molar-refractivity contribution is 7.17. The van der Waals surface area contributed by atoms with Crippen LogP contribution in [0, 0.1) is 13.8 Å². The lowest BCUT2D eigenvalue weighted by atomic mass is 10.1. The zero-order valence-electron chi connectivity index (χ0n) is 9.79. The predicted molar refractivity (Wildman–Crippen MR) is 67.3 cm³/mol. The van der Waals surface area contributed by atoms with Gasteiger partial charge in [0.25, 0.3) is 0 Å². The van der Waals surface area contributed by atoms with E-state index >= 15 is 0 Å². The molecule has 1 aliphatic heterocycles. The third kappa shape index (κ3) is 1.66. The summed E-state index contributed by atoms with van der Waals surface area (Å²) in [5.74, 6) is 0. The number of rotatable bonds is 2. The first-order valence-corrected chi connectivity index (χ1v) is 6.73. The van der Waals surface area contributed by atoms with Gasteiger partial charge in [0, 0.05) is 29.2 Å². The van der Waals surface area contributed by atoms with E-state index in [0.29, 0.717) is 6.04 Å². The van der Waals surface area contributed by atoms with Gasteiger partial charge < -0.3 is 5.32 Å². The van der Waals surface area contributed by atoms with Gasteiger partial charge in [-0.15, -0.1) is 11.3 Å². The minimum atomic E-state index is 0.652. The van der Waals surface area contributed by atoms with Gasteiger partial charge in [-0.1, -0.05) is 0 Å². The van der Waals surface area contributed by atoms with Crippen LogP contribution in [0.4, 0.5) is 0 Å². The minimum absolute atomic E-state index is 0.652. The highest BCUT2D eigenvalue weighted by atomic mass is 32.1. The molecule has 2 aromatic rings. The second-order valence-electron chi connectivity index (χ2n) is 4.64. The lowest BCUT2D eigenvalue weighted by Crippen LogP contribution is -2.24.